The van der Waals surface area contributed by atoms with Crippen molar-refractivity contribution in [1.82, 2.24) is 0 Å². The molecule has 0 unspecified atom stereocenters. The fourth-order valence-corrected chi connectivity index (χ4v) is 4.41. The molecule has 2 aromatic rings. The van der Waals surface area contributed by atoms with Crippen molar-refractivity contribution in [2.75, 3.05) is 6.26 Å². The molecule has 0 amide bonds. The van der Waals surface area contributed by atoms with Crippen molar-refractivity contribution in [3.63, 3.8) is 0 Å². The summed E-state index contributed by atoms with van der Waals surface area (Å²) in [6, 6.07) is 4.50. The molecule has 0 aliphatic carbocycles. The van der Waals surface area contributed by atoms with Crippen LogP contribution in [-0.4, -0.2) is 6.26 Å². The highest BCUT2D eigenvalue weighted by atomic mass is 79.9. The standard InChI is InChI=1S/C11H11BrS2/c1-3-7-6-9-8(4-5-14-9)10(12)11(7)13-2/h4-6H,3H2,1-2H3. The van der Waals surface area contributed by atoms with Crippen molar-refractivity contribution in [2.24, 2.45) is 0 Å². The van der Waals surface area contributed by atoms with Gasteiger partial charge in [0.1, 0.15) is 0 Å². The molecule has 74 valence electrons. The molecule has 0 aliphatic heterocycles. The van der Waals surface area contributed by atoms with Crippen LogP contribution in [0.25, 0.3) is 10.1 Å². The maximum Gasteiger partial charge on any atom is 0.0400 e. The van der Waals surface area contributed by atoms with Gasteiger partial charge in [0, 0.05) is 19.5 Å². The van der Waals surface area contributed by atoms with Crippen LogP contribution in [0, 0.1) is 0 Å². The van der Waals surface area contributed by atoms with Crippen LogP contribution in [0.4, 0.5) is 0 Å². The predicted molar refractivity (Wildman–Crippen MR) is 70.7 cm³/mol. The molecule has 0 spiro atoms. The molecule has 0 fully saturated rings. The Morgan fingerprint density at radius 2 is 2.29 bits per heavy atom. The zero-order valence-electron chi connectivity index (χ0n) is 8.13. The summed E-state index contributed by atoms with van der Waals surface area (Å²) >= 11 is 7.33. The zero-order valence-corrected chi connectivity index (χ0v) is 11.4. The molecule has 0 N–H and O–H groups in total. The molecule has 0 radical (unpaired) electrons. The summed E-state index contributed by atoms with van der Waals surface area (Å²) in [6.45, 7) is 2.21. The largest absolute Gasteiger partial charge is 0.144 e. The lowest BCUT2D eigenvalue weighted by atomic mass is 10.1. The third kappa shape index (κ3) is 1.62. The average molecular weight is 287 g/mol. The second kappa shape index (κ2) is 4.25. The number of aryl methyl sites for hydroxylation is 1. The van der Waals surface area contributed by atoms with Gasteiger partial charge < -0.3 is 0 Å². The Balaban J connectivity index is 2.79. The van der Waals surface area contributed by atoms with Crippen LogP contribution in [0.1, 0.15) is 12.5 Å². The quantitative estimate of drug-likeness (QED) is 0.704. The number of rotatable bonds is 2. The van der Waals surface area contributed by atoms with Crippen LogP contribution in [0.5, 0.6) is 0 Å². The molecule has 0 atom stereocenters. The van der Waals surface area contributed by atoms with Crippen LogP contribution in [0.2, 0.25) is 0 Å². The number of hydrogen-bond donors (Lipinski definition) is 0. The lowest BCUT2D eigenvalue weighted by Crippen LogP contribution is -1.86. The first-order valence-corrected chi connectivity index (χ1v) is 7.40. The van der Waals surface area contributed by atoms with Crippen LogP contribution in [-0.2, 0) is 6.42 Å². The first kappa shape index (κ1) is 10.5. The lowest BCUT2D eigenvalue weighted by molar-refractivity contribution is 1.09. The minimum Gasteiger partial charge on any atom is -0.144 e. The first-order chi connectivity index (χ1) is 6.77. The first-order valence-electron chi connectivity index (χ1n) is 4.50. The fourth-order valence-electron chi connectivity index (χ4n) is 1.58. The summed E-state index contributed by atoms with van der Waals surface area (Å²) < 4.78 is 2.65. The SMILES string of the molecule is CCc1cc2sccc2c(Br)c1SC. The Kier molecular flexibility index (Phi) is 3.20. The number of thiophene rings is 1. The molecule has 1 aromatic heterocycles. The van der Waals surface area contributed by atoms with E-state index >= 15 is 0 Å². The second-order valence-corrected chi connectivity index (χ2v) is 5.63. The predicted octanol–water partition coefficient (Wildman–Crippen LogP) is 4.95. The Bertz CT molecular complexity index is 460. The molecule has 2 rings (SSSR count). The Morgan fingerprint density at radius 1 is 1.50 bits per heavy atom. The molecular formula is C11H11BrS2. The van der Waals surface area contributed by atoms with Gasteiger partial charge in [0.2, 0.25) is 0 Å². The molecule has 14 heavy (non-hydrogen) atoms. The van der Waals surface area contributed by atoms with E-state index in [1.54, 1.807) is 0 Å². The second-order valence-electron chi connectivity index (χ2n) is 3.07. The van der Waals surface area contributed by atoms with Gasteiger partial charge in [-0.05, 0) is 51.7 Å². The third-order valence-electron chi connectivity index (χ3n) is 2.31. The van der Waals surface area contributed by atoms with Crippen LogP contribution >= 0.6 is 39.0 Å². The number of halogens is 1. The van der Waals surface area contributed by atoms with E-state index in [4.69, 9.17) is 0 Å². The Labute approximate surface area is 101 Å². The van der Waals surface area contributed by atoms with E-state index in [9.17, 15) is 0 Å². The van der Waals surface area contributed by atoms with E-state index in [1.165, 1.54) is 25.0 Å². The average Bonchev–Trinajstić information content (AvgIpc) is 2.65. The van der Waals surface area contributed by atoms with Gasteiger partial charge in [-0.2, -0.15) is 0 Å². The lowest BCUT2D eigenvalue weighted by Gasteiger charge is -2.08. The molecule has 1 heterocycles. The summed E-state index contributed by atoms with van der Waals surface area (Å²) in [5.74, 6) is 0. The molecule has 0 nitrogen and oxygen atoms in total. The van der Waals surface area contributed by atoms with Gasteiger partial charge in [-0.15, -0.1) is 23.1 Å². The van der Waals surface area contributed by atoms with Crippen molar-refractivity contribution in [3.8, 4) is 0 Å². The van der Waals surface area contributed by atoms with E-state index < -0.39 is 0 Å². The topological polar surface area (TPSA) is 0 Å². The van der Waals surface area contributed by atoms with E-state index in [2.05, 4.69) is 46.6 Å². The molecule has 0 bridgehead atoms. The third-order valence-corrected chi connectivity index (χ3v) is 5.14. The molecule has 1 aromatic carbocycles. The van der Waals surface area contributed by atoms with Crippen molar-refractivity contribution in [3.05, 3.63) is 27.5 Å². The van der Waals surface area contributed by atoms with Gasteiger partial charge in [-0.3, -0.25) is 0 Å². The highest BCUT2D eigenvalue weighted by Crippen LogP contribution is 2.38. The van der Waals surface area contributed by atoms with Crippen molar-refractivity contribution >= 4 is 49.1 Å². The van der Waals surface area contributed by atoms with Crippen molar-refractivity contribution in [1.29, 1.82) is 0 Å². The molecular weight excluding hydrogens is 276 g/mol. The minimum atomic E-state index is 1.10. The van der Waals surface area contributed by atoms with E-state index in [0.29, 0.717) is 0 Å². The number of hydrogen-bond acceptors (Lipinski definition) is 2. The summed E-state index contributed by atoms with van der Waals surface area (Å²) in [4.78, 5) is 1.39. The van der Waals surface area contributed by atoms with Gasteiger partial charge in [0.05, 0.1) is 0 Å². The van der Waals surface area contributed by atoms with Crippen molar-refractivity contribution < 1.29 is 0 Å². The summed E-state index contributed by atoms with van der Waals surface area (Å²) in [5, 5.41) is 3.50. The van der Waals surface area contributed by atoms with E-state index in [1.807, 2.05) is 23.1 Å². The molecule has 3 heteroatoms. The fraction of sp³-hybridized carbons (Fsp3) is 0.273. The minimum absolute atomic E-state index is 1.10. The maximum absolute atomic E-state index is 3.70. The Hall–Kier alpha value is 0.01000. The highest BCUT2D eigenvalue weighted by Gasteiger charge is 2.10. The van der Waals surface area contributed by atoms with Gasteiger partial charge in [0.15, 0.2) is 0 Å². The van der Waals surface area contributed by atoms with E-state index in [0.717, 1.165) is 6.42 Å². The number of thioether (sulfide) groups is 1. The number of benzene rings is 1. The monoisotopic (exact) mass is 286 g/mol. The molecule has 0 saturated carbocycles. The molecule has 0 saturated heterocycles. The van der Waals surface area contributed by atoms with Crippen LogP contribution in [0.3, 0.4) is 0 Å². The van der Waals surface area contributed by atoms with Gasteiger partial charge in [-0.25, -0.2) is 0 Å². The van der Waals surface area contributed by atoms with Gasteiger partial charge in [0.25, 0.3) is 0 Å². The normalized spacial score (nSPS) is 11.1. The van der Waals surface area contributed by atoms with Crippen molar-refractivity contribution in [2.45, 2.75) is 18.2 Å². The maximum atomic E-state index is 3.70. The smallest absolute Gasteiger partial charge is 0.0400 e. The van der Waals surface area contributed by atoms with Crippen LogP contribution < -0.4 is 0 Å². The number of fused-ring (bicyclic) bond motifs is 1. The highest BCUT2D eigenvalue weighted by molar-refractivity contribution is 9.10. The zero-order chi connectivity index (χ0) is 10.1. The van der Waals surface area contributed by atoms with Crippen LogP contribution in [0.15, 0.2) is 26.9 Å². The van der Waals surface area contributed by atoms with Gasteiger partial charge in [-0.1, -0.05) is 6.92 Å². The molecule has 0 aliphatic rings. The van der Waals surface area contributed by atoms with Gasteiger partial charge >= 0.3 is 0 Å². The summed E-state index contributed by atoms with van der Waals surface area (Å²) in [5.41, 5.74) is 1.44. The summed E-state index contributed by atoms with van der Waals surface area (Å²) in [7, 11) is 0. The summed E-state index contributed by atoms with van der Waals surface area (Å²) in [6.07, 6.45) is 3.24. The van der Waals surface area contributed by atoms with E-state index in [-0.39, 0.29) is 0 Å². The Morgan fingerprint density at radius 3 is 2.93 bits per heavy atom.